The summed E-state index contributed by atoms with van der Waals surface area (Å²) in [5.41, 5.74) is 2.18. The van der Waals surface area contributed by atoms with E-state index in [9.17, 15) is 5.11 Å². The molecule has 0 saturated carbocycles. The highest BCUT2D eigenvalue weighted by Gasteiger charge is 2.09. The molecular weight excluding hydrogens is 186 g/mol. The van der Waals surface area contributed by atoms with Crippen LogP contribution in [0.4, 0.5) is 5.69 Å². The van der Waals surface area contributed by atoms with Crippen molar-refractivity contribution in [3.05, 3.63) is 29.8 Å². The van der Waals surface area contributed by atoms with Gasteiger partial charge in [-0.25, -0.2) is 0 Å². The Morgan fingerprint density at radius 3 is 2.47 bits per heavy atom. The first-order valence-electron chi connectivity index (χ1n) is 5.62. The van der Waals surface area contributed by atoms with Crippen LogP contribution in [0.25, 0.3) is 0 Å². The first-order chi connectivity index (χ1) is 7.19. The molecule has 0 spiro atoms. The number of para-hydroxylation sites is 1. The summed E-state index contributed by atoms with van der Waals surface area (Å²) < 4.78 is 0. The van der Waals surface area contributed by atoms with Gasteiger partial charge in [0.1, 0.15) is 0 Å². The predicted octanol–water partition coefficient (Wildman–Crippen LogP) is 2.66. The van der Waals surface area contributed by atoms with E-state index in [0.29, 0.717) is 5.92 Å². The van der Waals surface area contributed by atoms with Crippen molar-refractivity contribution in [3.8, 4) is 0 Å². The predicted molar refractivity (Wildman–Crippen MR) is 65.1 cm³/mol. The van der Waals surface area contributed by atoms with Crippen molar-refractivity contribution < 1.29 is 5.11 Å². The molecule has 0 aliphatic rings. The highest BCUT2D eigenvalue weighted by atomic mass is 16.3. The molecule has 0 aliphatic heterocycles. The van der Waals surface area contributed by atoms with Crippen molar-refractivity contribution in [2.24, 2.45) is 5.92 Å². The zero-order valence-electron chi connectivity index (χ0n) is 9.90. The van der Waals surface area contributed by atoms with Gasteiger partial charge in [-0.1, -0.05) is 32.0 Å². The second-order valence-electron chi connectivity index (χ2n) is 4.22. The maximum absolute atomic E-state index is 9.27. The first kappa shape index (κ1) is 12.1. The second-order valence-corrected chi connectivity index (χ2v) is 4.22. The fourth-order valence-corrected chi connectivity index (χ4v) is 1.79. The number of hydrogen-bond donors (Lipinski definition) is 1. The van der Waals surface area contributed by atoms with Gasteiger partial charge in [-0.05, 0) is 18.9 Å². The van der Waals surface area contributed by atoms with Crippen LogP contribution >= 0.6 is 0 Å². The highest BCUT2D eigenvalue weighted by Crippen LogP contribution is 2.21. The molecule has 0 aromatic heterocycles. The zero-order valence-corrected chi connectivity index (χ0v) is 9.90. The molecule has 0 atom stereocenters. The van der Waals surface area contributed by atoms with E-state index in [4.69, 9.17) is 0 Å². The van der Waals surface area contributed by atoms with E-state index >= 15 is 0 Å². The van der Waals surface area contributed by atoms with E-state index in [1.165, 1.54) is 0 Å². The summed E-state index contributed by atoms with van der Waals surface area (Å²) in [5.74, 6) is 0.636. The molecule has 2 nitrogen and oxygen atoms in total. The number of aliphatic hydroxyl groups excluding tert-OH is 1. The number of nitrogens with zero attached hydrogens (tertiary/aromatic N) is 1. The van der Waals surface area contributed by atoms with Crippen LogP contribution in [0.1, 0.15) is 26.3 Å². The van der Waals surface area contributed by atoms with Gasteiger partial charge in [-0.2, -0.15) is 0 Å². The summed E-state index contributed by atoms with van der Waals surface area (Å²) in [6.45, 7) is 8.71. The Bertz CT molecular complexity index is 296. The van der Waals surface area contributed by atoms with Gasteiger partial charge in [-0.3, -0.25) is 0 Å². The fraction of sp³-hybridized carbons (Fsp3) is 0.538. The lowest BCUT2D eigenvalue weighted by atomic mass is 10.1. The van der Waals surface area contributed by atoms with Crippen molar-refractivity contribution in [1.29, 1.82) is 0 Å². The van der Waals surface area contributed by atoms with Crippen LogP contribution in [0.3, 0.4) is 0 Å². The topological polar surface area (TPSA) is 23.5 Å². The maximum atomic E-state index is 9.27. The van der Waals surface area contributed by atoms with Gasteiger partial charge in [0.25, 0.3) is 0 Å². The molecule has 1 N–H and O–H groups in total. The lowest BCUT2D eigenvalue weighted by Crippen LogP contribution is -2.28. The summed E-state index contributed by atoms with van der Waals surface area (Å²) in [7, 11) is 0. The average Bonchev–Trinajstić information content (AvgIpc) is 2.25. The van der Waals surface area contributed by atoms with Crippen molar-refractivity contribution in [1.82, 2.24) is 0 Å². The van der Waals surface area contributed by atoms with Gasteiger partial charge in [-0.15, -0.1) is 0 Å². The Morgan fingerprint density at radius 2 is 1.93 bits per heavy atom. The molecule has 0 unspecified atom stereocenters. The van der Waals surface area contributed by atoms with Crippen molar-refractivity contribution in [2.75, 3.05) is 18.0 Å². The van der Waals surface area contributed by atoms with Crippen LogP contribution in [-0.2, 0) is 6.61 Å². The summed E-state index contributed by atoms with van der Waals surface area (Å²) in [4.78, 5) is 2.32. The third-order valence-corrected chi connectivity index (χ3v) is 2.47. The molecule has 1 aromatic carbocycles. The van der Waals surface area contributed by atoms with Gasteiger partial charge >= 0.3 is 0 Å². The smallest absolute Gasteiger partial charge is 0.0702 e. The Labute approximate surface area is 92.5 Å². The van der Waals surface area contributed by atoms with Crippen LogP contribution in [0, 0.1) is 5.92 Å². The van der Waals surface area contributed by atoms with Crippen molar-refractivity contribution in [2.45, 2.75) is 27.4 Å². The Hall–Kier alpha value is -1.02. The SMILES string of the molecule is CCN(CC(C)C)c1ccccc1CO. The average molecular weight is 207 g/mol. The molecule has 1 aromatic rings. The van der Waals surface area contributed by atoms with E-state index in [1.54, 1.807) is 0 Å². The quantitative estimate of drug-likeness (QED) is 0.802. The Balaban J connectivity index is 2.90. The molecule has 84 valence electrons. The van der Waals surface area contributed by atoms with Gasteiger partial charge in [0.15, 0.2) is 0 Å². The fourth-order valence-electron chi connectivity index (χ4n) is 1.79. The molecule has 2 heteroatoms. The summed E-state index contributed by atoms with van der Waals surface area (Å²) >= 11 is 0. The van der Waals surface area contributed by atoms with Crippen molar-refractivity contribution >= 4 is 5.69 Å². The lowest BCUT2D eigenvalue weighted by Gasteiger charge is -2.27. The number of benzene rings is 1. The Morgan fingerprint density at radius 1 is 1.27 bits per heavy atom. The molecule has 0 bridgehead atoms. The molecule has 1 rings (SSSR count). The van der Waals surface area contributed by atoms with E-state index in [1.807, 2.05) is 18.2 Å². The molecule has 15 heavy (non-hydrogen) atoms. The molecule has 0 heterocycles. The second kappa shape index (κ2) is 5.76. The Kier molecular flexibility index (Phi) is 4.63. The van der Waals surface area contributed by atoms with Gasteiger partial charge < -0.3 is 10.0 Å². The maximum Gasteiger partial charge on any atom is 0.0702 e. The van der Waals surface area contributed by atoms with Crippen LogP contribution in [-0.4, -0.2) is 18.2 Å². The summed E-state index contributed by atoms with van der Waals surface area (Å²) in [5, 5.41) is 9.27. The van der Waals surface area contributed by atoms with Crippen molar-refractivity contribution in [3.63, 3.8) is 0 Å². The van der Waals surface area contributed by atoms with Gasteiger partial charge in [0, 0.05) is 24.3 Å². The minimum absolute atomic E-state index is 0.116. The third-order valence-electron chi connectivity index (χ3n) is 2.47. The van der Waals surface area contributed by atoms with E-state index in [0.717, 1.165) is 24.3 Å². The number of anilines is 1. The molecule has 0 radical (unpaired) electrons. The van der Waals surface area contributed by atoms with E-state index < -0.39 is 0 Å². The number of hydrogen-bond acceptors (Lipinski definition) is 2. The monoisotopic (exact) mass is 207 g/mol. The lowest BCUT2D eigenvalue weighted by molar-refractivity contribution is 0.282. The normalized spacial score (nSPS) is 10.7. The summed E-state index contributed by atoms with van der Waals surface area (Å²) in [6.07, 6.45) is 0. The number of aliphatic hydroxyl groups is 1. The molecule has 0 amide bonds. The van der Waals surface area contributed by atoms with Gasteiger partial charge in [0.05, 0.1) is 6.61 Å². The highest BCUT2D eigenvalue weighted by molar-refractivity contribution is 5.53. The zero-order chi connectivity index (χ0) is 11.3. The van der Waals surface area contributed by atoms with Gasteiger partial charge in [0.2, 0.25) is 0 Å². The number of rotatable bonds is 5. The van der Waals surface area contributed by atoms with E-state index in [-0.39, 0.29) is 6.61 Å². The van der Waals surface area contributed by atoms with E-state index in [2.05, 4.69) is 31.7 Å². The molecule has 0 fully saturated rings. The van der Waals surface area contributed by atoms with Crippen LogP contribution in [0.2, 0.25) is 0 Å². The first-order valence-corrected chi connectivity index (χ1v) is 5.62. The third kappa shape index (κ3) is 3.24. The molecule has 0 aliphatic carbocycles. The van der Waals surface area contributed by atoms with Crippen LogP contribution in [0.15, 0.2) is 24.3 Å². The van der Waals surface area contributed by atoms with Crippen LogP contribution in [0.5, 0.6) is 0 Å². The standard InChI is InChI=1S/C13H21NO/c1-4-14(9-11(2)3)13-8-6-5-7-12(13)10-15/h5-8,11,15H,4,9-10H2,1-3H3. The minimum atomic E-state index is 0.116. The van der Waals surface area contributed by atoms with Crippen LogP contribution < -0.4 is 4.90 Å². The minimum Gasteiger partial charge on any atom is -0.392 e. The summed E-state index contributed by atoms with van der Waals surface area (Å²) in [6, 6.07) is 8.06. The largest absolute Gasteiger partial charge is 0.392 e. The molecular formula is C13H21NO. The molecule has 0 saturated heterocycles.